The summed E-state index contributed by atoms with van der Waals surface area (Å²) in [5.41, 5.74) is 1.30. The molecular weight excluding hydrogens is 234 g/mol. The minimum atomic E-state index is 0.263. The first kappa shape index (κ1) is 14.1. The first-order chi connectivity index (χ1) is 9.29. The van der Waals surface area contributed by atoms with Gasteiger partial charge in [0, 0.05) is 12.0 Å². The van der Waals surface area contributed by atoms with Crippen molar-refractivity contribution >= 4 is 5.91 Å². The summed E-state index contributed by atoms with van der Waals surface area (Å²) in [5, 5.41) is 3.25. The highest BCUT2D eigenvalue weighted by Crippen LogP contribution is 2.24. The molecule has 2 heteroatoms. The van der Waals surface area contributed by atoms with E-state index in [1.165, 1.54) is 24.8 Å². The van der Waals surface area contributed by atoms with Crippen LogP contribution in [-0.4, -0.2) is 11.9 Å². The van der Waals surface area contributed by atoms with E-state index in [9.17, 15) is 4.79 Å². The Balaban J connectivity index is 1.86. The number of carbonyl (C=O) groups is 1. The molecule has 1 amide bonds. The average molecular weight is 259 g/mol. The van der Waals surface area contributed by atoms with Crippen molar-refractivity contribution < 1.29 is 4.79 Å². The Bertz CT molecular complexity index is 382. The molecular formula is C17H25NO. The molecule has 0 unspecified atom stereocenters. The molecule has 1 aromatic carbocycles. The molecule has 0 bridgehead atoms. The van der Waals surface area contributed by atoms with Gasteiger partial charge in [0.25, 0.3) is 0 Å². The van der Waals surface area contributed by atoms with Crippen LogP contribution in [0.5, 0.6) is 0 Å². The lowest BCUT2D eigenvalue weighted by atomic mass is 9.88. The third kappa shape index (κ3) is 4.38. The fourth-order valence-corrected chi connectivity index (χ4v) is 2.88. The Morgan fingerprint density at radius 1 is 1.21 bits per heavy atom. The first-order valence-corrected chi connectivity index (χ1v) is 7.64. The van der Waals surface area contributed by atoms with Gasteiger partial charge in [0.1, 0.15) is 0 Å². The number of hydrogen-bond acceptors (Lipinski definition) is 1. The quantitative estimate of drug-likeness (QED) is 0.858. The lowest BCUT2D eigenvalue weighted by Gasteiger charge is -2.24. The summed E-state index contributed by atoms with van der Waals surface area (Å²) >= 11 is 0. The maximum absolute atomic E-state index is 12.2. The van der Waals surface area contributed by atoms with E-state index in [1.54, 1.807) is 0 Å². The summed E-state index contributed by atoms with van der Waals surface area (Å²) in [6.07, 6.45) is 7.82. The Morgan fingerprint density at radius 2 is 1.89 bits per heavy atom. The van der Waals surface area contributed by atoms with E-state index in [0.717, 1.165) is 25.7 Å². The second-order valence-corrected chi connectivity index (χ2v) is 5.64. The SMILES string of the molecule is CC[C@H](Cc1ccccc1)NC(=O)C1CCCCC1. The molecule has 1 atom stereocenters. The van der Waals surface area contributed by atoms with Gasteiger partial charge in [-0.3, -0.25) is 4.79 Å². The molecule has 19 heavy (non-hydrogen) atoms. The number of nitrogens with one attached hydrogen (secondary N) is 1. The van der Waals surface area contributed by atoms with E-state index in [1.807, 2.05) is 6.07 Å². The minimum Gasteiger partial charge on any atom is -0.353 e. The molecule has 0 saturated heterocycles. The summed E-state index contributed by atoms with van der Waals surface area (Å²) in [7, 11) is 0. The maximum atomic E-state index is 12.2. The first-order valence-electron chi connectivity index (χ1n) is 7.64. The van der Waals surface area contributed by atoms with Crippen molar-refractivity contribution in [2.45, 2.75) is 57.9 Å². The predicted octanol–water partition coefficient (Wildman–Crippen LogP) is 3.70. The molecule has 0 radical (unpaired) electrons. The summed E-state index contributed by atoms with van der Waals surface area (Å²) < 4.78 is 0. The van der Waals surface area contributed by atoms with Gasteiger partial charge in [-0.2, -0.15) is 0 Å². The molecule has 1 aromatic rings. The summed E-state index contributed by atoms with van der Waals surface area (Å²) in [6.45, 7) is 2.15. The zero-order valence-electron chi connectivity index (χ0n) is 11.9. The standard InChI is InChI=1S/C17H25NO/c1-2-16(13-14-9-5-3-6-10-14)18-17(19)15-11-7-4-8-12-15/h3,5-6,9-10,15-16H,2,4,7-8,11-13H2,1H3,(H,18,19)/t16-/m1/s1. The van der Waals surface area contributed by atoms with Crippen LogP contribution < -0.4 is 5.32 Å². The van der Waals surface area contributed by atoms with Crippen LogP contribution in [0.3, 0.4) is 0 Å². The third-order valence-electron chi connectivity index (χ3n) is 4.14. The molecule has 0 aliphatic heterocycles. The highest BCUT2D eigenvalue weighted by molar-refractivity contribution is 5.79. The van der Waals surface area contributed by atoms with Crippen molar-refractivity contribution in [2.75, 3.05) is 0 Å². The van der Waals surface area contributed by atoms with Crippen molar-refractivity contribution in [3.63, 3.8) is 0 Å². The van der Waals surface area contributed by atoms with Crippen LogP contribution in [0.1, 0.15) is 51.0 Å². The topological polar surface area (TPSA) is 29.1 Å². The van der Waals surface area contributed by atoms with Crippen molar-refractivity contribution in [2.24, 2.45) is 5.92 Å². The van der Waals surface area contributed by atoms with Crippen LogP contribution in [-0.2, 0) is 11.2 Å². The Morgan fingerprint density at radius 3 is 2.53 bits per heavy atom. The molecule has 0 heterocycles. The second-order valence-electron chi connectivity index (χ2n) is 5.64. The molecule has 2 nitrogen and oxygen atoms in total. The minimum absolute atomic E-state index is 0.263. The number of hydrogen-bond donors (Lipinski definition) is 1. The Hall–Kier alpha value is -1.31. The second kappa shape index (κ2) is 7.32. The van der Waals surface area contributed by atoms with Gasteiger partial charge < -0.3 is 5.32 Å². The van der Waals surface area contributed by atoms with Crippen LogP contribution in [0, 0.1) is 5.92 Å². The van der Waals surface area contributed by atoms with Crippen LogP contribution >= 0.6 is 0 Å². The van der Waals surface area contributed by atoms with Crippen LogP contribution in [0.2, 0.25) is 0 Å². The van der Waals surface area contributed by atoms with Gasteiger partial charge in [0.15, 0.2) is 0 Å². The van der Waals surface area contributed by atoms with Gasteiger partial charge in [0.05, 0.1) is 0 Å². The maximum Gasteiger partial charge on any atom is 0.223 e. The molecule has 104 valence electrons. The molecule has 0 spiro atoms. The van der Waals surface area contributed by atoms with E-state index in [0.29, 0.717) is 0 Å². The van der Waals surface area contributed by atoms with Gasteiger partial charge in [-0.05, 0) is 31.2 Å². The van der Waals surface area contributed by atoms with Crippen molar-refractivity contribution in [1.29, 1.82) is 0 Å². The van der Waals surface area contributed by atoms with Crippen LogP contribution in [0.15, 0.2) is 30.3 Å². The largest absolute Gasteiger partial charge is 0.353 e. The highest BCUT2D eigenvalue weighted by Gasteiger charge is 2.22. The lowest BCUT2D eigenvalue weighted by molar-refractivity contribution is -0.126. The smallest absolute Gasteiger partial charge is 0.223 e. The molecule has 1 fully saturated rings. The summed E-state index contributed by atoms with van der Waals surface area (Å²) in [4.78, 5) is 12.2. The normalized spacial score (nSPS) is 17.9. The fourth-order valence-electron chi connectivity index (χ4n) is 2.88. The molecule has 1 aliphatic carbocycles. The zero-order valence-corrected chi connectivity index (χ0v) is 11.9. The van der Waals surface area contributed by atoms with Gasteiger partial charge in [-0.15, -0.1) is 0 Å². The fraction of sp³-hybridized carbons (Fsp3) is 0.588. The number of rotatable bonds is 5. The van der Waals surface area contributed by atoms with E-state index in [-0.39, 0.29) is 17.9 Å². The van der Waals surface area contributed by atoms with Gasteiger partial charge in [-0.1, -0.05) is 56.5 Å². The van der Waals surface area contributed by atoms with E-state index in [2.05, 4.69) is 36.5 Å². The molecule has 1 N–H and O–H groups in total. The van der Waals surface area contributed by atoms with E-state index >= 15 is 0 Å². The monoisotopic (exact) mass is 259 g/mol. The van der Waals surface area contributed by atoms with Gasteiger partial charge in [-0.25, -0.2) is 0 Å². The van der Waals surface area contributed by atoms with E-state index < -0.39 is 0 Å². The van der Waals surface area contributed by atoms with Crippen molar-refractivity contribution in [1.82, 2.24) is 5.32 Å². The molecule has 0 aromatic heterocycles. The molecule has 1 aliphatic rings. The molecule has 2 rings (SSSR count). The summed E-state index contributed by atoms with van der Waals surface area (Å²) in [6, 6.07) is 10.7. The zero-order chi connectivity index (χ0) is 13.5. The lowest BCUT2D eigenvalue weighted by Crippen LogP contribution is -2.40. The summed E-state index contributed by atoms with van der Waals surface area (Å²) in [5.74, 6) is 0.543. The van der Waals surface area contributed by atoms with Gasteiger partial charge >= 0.3 is 0 Å². The van der Waals surface area contributed by atoms with E-state index in [4.69, 9.17) is 0 Å². The molecule has 1 saturated carbocycles. The van der Waals surface area contributed by atoms with Crippen molar-refractivity contribution in [3.8, 4) is 0 Å². The van der Waals surface area contributed by atoms with Crippen LogP contribution in [0.4, 0.5) is 0 Å². The predicted molar refractivity (Wildman–Crippen MR) is 78.9 cm³/mol. The van der Waals surface area contributed by atoms with Gasteiger partial charge in [0.2, 0.25) is 5.91 Å². The Labute approximate surface area is 116 Å². The number of benzene rings is 1. The Kier molecular flexibility index (Phi) is 5.44. The number of amides is 1. The van der Waals surface area contributed by atoms with Crippen LogP contribution in [0.25, 0.3) is 0 Å². The number of carbonyl (C=O) groups excluding carboxylic acids is 1. The average Bonchev–Trinajstić information content (AvgIpc) is 2.48. The van der Waals surface area contributed by atoms with Crippen molar-refractivity contribution in [3.05, 3.63) is 35.9 Å². The highest BCUT2D eigenvalue weighted by atomic mass is 16.1. The third-order valence-corrected chi connectivity index (χ3v) is 4.14.